The highest BCUT2D eigenvalue weighted by molar-refractivity contribution is 7.91. The van der Waals surface area contributed by atoms with Crippen molar-refractivity contribution < 1.29 is 27.5 Å². The molecule has 0 aromatic heterocycles. The van der Waals surface area contributed by atoms with Gasteiger partial charge in [0.2, 0.25) is 0 Å². The Hall–Kier alpha value is -1.11. The van der Waals surface area contributed by atoms with Gasteiger partial charge in [-0.1, -0.05) is 6.92 Å². The molecule has 7 heteroatoms. The van der Waals surface area contributed by atoms with Gasteiger partial charge in [-0.3, -0.25) is 9.59 Å². The summed E-state index contributed by atoms with van der Waals surface area (Å²) in [7, 11) is -3.25. The molecule has 0 N–H and O–H groups in total. The minimum absolute atomic E-state index is 0.0296. The highest BCUT2D eigenvalue weighted by Crippen LogP contribution is 2.13. The lowest BCUT2D eigenvalue weighted by Crippen LogP contribution is -2.32. The average Bonchev–Trinajstić information content (AvgIpc) is 2.26. The van der Waals surface area contributed by atoms with E-state index in [0.717, 1.165) is 0 Å². The Bertz CT molecular complexity index is 402. The van der Waals surface area contributed by atoms with Crippen LogP contribution in [0.4, 0.5) is 0 Å². The molecular weight excluding hydrogens is 284 g/mol. The van der Waals surface area contributed by atoms with Crippen molar-refractivity contribution in [3.8, 4) is 0 Å². The predicted molar refractivity (Wildman–Crippen MR) is 74.9 cm³/mol. The minimum atomic E-state index is -3.25. The highest BCUT2D eigenvalue weighted by atomic mass is 32.2. The van der Waals surface area contributed by atoms with Crippen LogP contribution in [0.2, 0.25) is 0 Å². The summed E-state index contributed by atoms with van der Waals surface area (Å²) >= 11 is 0. The van der Waals surface area contributed by atoms with Crippen molar-refractivity contribution >= 4 is 21.8 Å². The van der Waals surface area contributed by atoms with Crippen molar-refractivity contribution in [1.29, 1.82) is 0 Å². The average molecular weight is 308 g/mol. The SMILES string of the molecule is CCS(=O)(=O)CCC(C(=O)OC(C)C)C(=O)OC(C)C. The smallest absolute Gasteiger partial charge is 0.320 e. The Morgan fingerprint density at radius 1 is 0.950 bits per heavy atom. The normalized spacial score (nSPS) is 12.0. The summed E-state index contributed by atoms with van der Waals surface area (Å²) in [5.41, 5.74) is 0. The van der Waals surface area contributed by atoms with Gasteiger partial charge in [0, 0.05) is 5.75 Å². The van der Waals surface area contributed by atoms with E-state index in [0.29, 0.717) is 0 Å². The van der Waals surface area contributed by atoms with Crippen LogP contribution in [-0.2, 0) is 28.9 Å². The second-order valence-electron chi connectivity index (χ2n) is 5.05. The van der Waals surface area contributed by atoms with Gasteiger partial charge in [-0.15, -0.1) is 0 Å². The molecule has 0 unspecified atom stereocenters. The van der Waals surface area contributed by atoms with Crippen LogP contribution in [0.15, 0.2) is 0 Å². The number of esters is 2. The van der Waals surface area contributed by atoms with Crippen molar-refractivity contribution in [2.45, 2.75) is 53.2 Å². The van der Waals surface area contributed by atoms with Crippen molar-refractivity contribution in [2.24, 2.45) is 5.92 Å². The summed E-state index contributed by atoms with van der Waals surface area (Å²) in [6.45, 7) is 8.15. The van der Waals surface area contributed by atoms with Gasteiger partial charge >= 0.3 is 11.9 Å². The van der Waals surface area contributed by atoms with Crippen LogP contribution in [-0.4, -0.2) is 44.1 Å². The van der Waals surface area contributed by atoms with Gasteiger partial charge in [0.25, 0.3) is 0 Å². The molecule has 0 atom stereocenters. The summed E-state index contributed by atoms with van der Waals surface area (Å²) in [4.78, 5) is 23.7. The first-order chi connectivity index (χ1) is 9.09. The number of sulfone groups is 1. The standard InChI is InChI=1S/C13H24O6S/c1-6-20(16,17)8-7-11(12(14)18-9(2)3)13(15)19-10(4)5/h9-11H,6-8H2,1-5H3. The van der Waals surface area contributed by atoms with E-state index in [1.165, 1.54) is 6.92 Å². The zero-order valence-electron chi connectivity index (χ0n) is 12.7. The molecular formula is C13H24O6S. The molecule has 0 aliphatic heterocycles. The molecule has 0 aliphatic carbocycles. The second kappa shape index (κ2) is 8.24. The van der Waals surface area contributed by atoms with E-state index >= 15 is 0 Å². The van der Waals surface area contributed by atoms with E-state index in [1.54, 1.807) is 27.7 Å². The van der Waals surface area contributed by atoms with Crippen molar-refractivity contribution in [1.82, 2.24) is 0 Å². The first-order valence-corrected chi connectivity index (χ1v) is 8.52. The number of ether oxygens (including phenoxy) is 2. The van der Waals surface area contributed by atoms with Crippen LogP contribution in [0.3, 0.4) is 0 Å². The van der Waals surface area contributed by atoms with E-state index in [9.17, 15) is 18.0 Å². The number of carbonyl (C=O) groups is 2. The van der Waals surface area contributed by atoms with Crippen LogP contribution < -0.4 is 0 Å². The van der Waals surface area contributed by atoms with Crippen LogP contribution in [0.5, 0.6) is 0 Å². The largest absolute Gasteiger partial charge is 0.462 e. The van der Waals surface area contributed by atoms with Crippen molar-refractivity contribution in [3.05, 3.63) is 0 Å². The zero-order valence-corrected chi connectivity index (χ0v) is 13.5. The first-order valence-electron chi connectivity index (χ1n) is 6.70. The Labute approximate surface area is 120 Å². The Kier molecular flexibility index (Phi) is 7.78. The summed E-state index contributed by atoms with van der Waals surface area (Å²) in [5.74, 6) is -2.94. The molecule has 0 saturated heterocycles. The summed E-state index contributed by atoms with van der Waals surface area (Å²) < 4.78 is 32.9. The molecule has 6 nitrogen and oxygen atoms in total. The number of hydrogen-bond acceptors (Lipinski definition) is 6. The number of hydrogen-bond donors (Lipinski definition) is 0. The lowest BCUT2D eigenvalue weighted by Gasteiger charge is -2.18. The fraction of sp³-hybridized carbons (Fsp3) is 0.846. The van der Waals surface area contributed by atoms with Gasteiger partial charge in [0.05, 0.1) is 18.0 Å². The Morgan fingerprint density at radius 2 is 1.35 bits per heavy atom. The van der Waals surface area contributed by atoms with Crippen LogP contribution in [0, 0.1) is 5.92 Å². The number of rotatable bonds is 8. The molecule has 0 saturated carbocycles. The molecule has 0 aromatic carbocycles. The summed E-state index contributed by atoms with van der Waals surface area (Å²) in [6, 6.07) is 0. The lowest BCUT2D eigenvalue weighted by molar-refractivity contribution is -0.166. The zero-order chi connectivity index (χ0) is 15.9. The predicted octanol–water partition coefficient (Wildman–Crippen LogP) is 1.33. The minimum Gasteiger partial charge on any atom is -0.462 e. The van der Waals surface area contributed by atoms with Crippen LogP contribution in [0.1, 0.15) is 41.0 Å². The summed E-state index contributed by atoms with van der Waals surface area (Å²) in [6.07, 6.45) is -0.868. The molecule has 0 radical (unpaired) electrons. The van der Waals surface area contributed by atoms with Crippen LogP contribution >= 0.6 is 0 Å². The van der Waals surface area contributed by atoms with Gasteiger partial charge < -0.3 is 9.47 Å². The number of carbonyl (C=O) groups excluding carboxylic acids is 2. The van der Waals surface area contributed by atoms with Crippen LogP contribution in [0.25, 0.3) is 0 Å². The van der Waals surface area contributed by atoms with Gasteiger partial charge in [-0.05, 0) is 34.1 Å². The maximum atomic E-state index is 11.9. The van der Waals surface area contributed by atoms with Gasteiger partial charge in [-0.2, -0.15) is 0 Å². The Balaban J connectivity index is 4.88. The van der Waals surface area contributed by atoms with Crippen molar-refractivity contribution in [2.75, 3.05) is 11.5 Å². The molecule has 0 amide bonds. The summed E-state index contributed by atoms with van der Waals surface area (Å²) in [5, 5.41) is 0. The quantitative estimate of drug-likeness (QED) is 0.496. The third-order valence-corrected chi connectivity index (χ3v) is 4.17. The van der Waals surface area contributed by atoms with E-state index in [2.05, 4.69) is 0 Å². The van der Waals surface area contributed by atoms with Gasteiger partial charge in [-0.25, -0.2) is 8.42 Å². The highest BCUT2D eigenvalue weighted by Gasteiger charge is 2.32. The lowest BCUT2D eigenvalue weighted by atomic mass is 10.1. The molecule has 20 heavy (non-hydrogen) atoms. The Morgan fingerprint density at radius 3 is 1.65 bits per heavy atom. The second-order valence-corrected chi connectivity index (χ2v) is 7.52. The molecule has 0 aliphatic rings. The molecule has 0 spiro atoms. The van der Waals surface area contributed by atoms with E-state index in [-0.39, 0.29) is 30.1 Å². The van der Waals surface area contributed by atoms with E-state index < -0.39 is 27.7 Å². The molecule has 0 bridgehead atoms. The molecule has 0 fully saturated rings. The van der Waals surface area contributed by atoms with Crippen molar-refractivity contribution in [3.63, 3.8) is 0 Å². The molecule has 0 aromatic rings. The maximum Gasteiger partial charge on any atom is 0.320 e. The topological polar surface area (TPSA) is 86.7 Å². The fourth-order valence-corrected chi connectivity index (χ4v) is 2.29. The van der Waals surface area contributed by atoms with E-state index in [1.807, 2.05) is 0 Å². The van der Waals surface area contributed by atoms with Gasteiger partial charge in [0.15, 0.2) is 5.92 Å². The third-order valence-electron chi connectivity index (χ3n) is 2.43. The third kappa shape index (κ3) is 7.47. The first kappa shape index (κ1) is 18.9. The van der Waals surface area contributed by atoms with Gasteiger partial charge in [0.1, 0.15) is 9.84 Å². The fourth-order valence-electron chi connectivity index (χ4n) is 1.40. The van der Waals surface area contributed by atoms with E-state index in [4.69, 9.17) is 9.47 Å². The monoisotopic (exact) mass is 308 g/mol. The molecule has 0 heterocycles. The molecule has 118 valence electrons. The molecule has 0 rings (SSSR count). The maximum absolute atomic E-state index is 11.9.